The first-order chi connectivity index (χ1) is 40.3. The zero-order valence-electron chi connectivity index (χ0n) is 50.4. The van der Waals surface area contributed by atoms with E-state index in [-0.39, 0.29) is 18.9 Å². The first-order valence-electron chi connectivity index (χ1n) is 32.0. The van der Waals surface area contributed by atoms with Crippen LogP contribution in [-0.4, -0.2) is 193 Å². The summed E-state index contributed by atoms with van der Waals surface area (Å²) in [5.41, 5.74) is 0. The number of ether oxygens (including phenoxy) is 6. The van der Waals surface area contributed by atoms with Crippen molar-refractivity contribution in [2.45, 2.75) is 311 Å². The first-order valence-corrected chi connectivity index (χ1v) is 32.0. The van der Waals surface area contributed by atoms with Crippen LogP contribution in [0.4, 0.5) is 0 Å². The van der Waals surface area contributed by atoms with Crippen molar-refractivity contribution in [2.75, 3.05) is 26.4 Å². The lowest BCUT2D eigenvalue weighted by molar-refractivity contribution is -0.379. The number of carbonyl (C=O) groups is 1. The van der Waals surface area contributed by atoms with Crippen molar-refractivity contribution in [3.63, 3.8) is 0 Å². The summed E-state index contributed by atoms with van der Waals surface area (Å²) < 4.78 is 34.2. The minimum absolute atomic E-state index is 0.232. The fourth-order valence-corrected chi connectivity index (χ4v) is 10.5. The van der Waals surface area contributed by atoms with Gasteiger partial charge in [0.1, 0.15) is 73.2 Å². The highest BCUT2D eigenvalue weighted by molar-refractivity contribution is 5.76. The van der Waals surface area contributed by atoms with Gasteiger partial charge >= 0.3 is 0 Å². The summed E-state index contributed by atoms with van der Waals surface area (Å²) in [6, 6.07) is -0.990. The molecule has 0 aliphatic carbocycles. The Labute approximate surface area is 496 Å². The molecule has 3 rings (SSSR count). The van der Waals surface area contributed by atoms with Gasteiger partial charge in [-0.15, -0.1) is 0 Å². The smallest absolute Gasteiger partial charge is 0.220 e. The standard InChI is InChI=1S/C64H113NO18/c1-3-5-7-9-11-13-14-15-16-17-18-19-20-21-22-23-24-25-26-27-28-29-30-31-32-34-36-38-40-42-52(70)65-47(48(69)41-39-37-35-33-12-10-8-6-4-2)46-78-62-58(76)55(73)60(50(44-67)80-62)83-64-59(77)56(74)61(51(45-68)81-64)82-63-57(75)54(72)53(71)49(43-66)79-63/h12,14-15,17-18,20-21,33,39,41,47-51,53-64,66-69,71-77H,3-11,13,16,19,22-32,34-38,40,42-46H2,1-2H3,(H,65,70)/b15-14-,18-17-,21-20-,33-12+,41-39+. The maximum absolute atomic E-state index is 13.3. The molecule has 0 bridgehead atoms. The Morgan fingerprint density at radius 2 is 0.807 bits per heavy atom. The Morgan fingerprint density at radius 1 is 0.434 bits per heavy atom. The minimum atomic E-state index is -1.98. The number of allylic oxidation sites excluding steroid dienone is 9. The van der Waals surface area contributed by atoms with Crippen LogP contribution < -0.4 is 5.32 Å². The van der Waals surface area contributed by atoms with Crippen LogP contribution in [0, 0.1) is 0 Å². The Kier molecular flexibility index (Phi) is 42.0. The highest BCUT2D eigenvalue weighted by atomic mass is 16.8. The fourth-order valence-electron chi connectivity index (χ4n) is 10.5. The molecule has 19 heteroatoms. The average Bonchev–Trinajstić information content (AvgIpc) is 3.25. The summed E-state index contributed by atoms with van der Waals surface area (Å²) in [6.07, 6.45) is 28.1. The van der Waals surface area contributed by atoms with E-state index in [4.69, 9.17) is 28.4 Å². The number of aliphatic hydroxyl groups excluding tert-OH is 11. The molecule has 0 aromatic heterocycles. The van der Waals surface area contributed by atoms with E-state index in [1.807, 2.05) is 6.08 Å². The SMILES string of the molecule is CCCCC/C=C/CC/C=C/C(O)C(COC1OC(CO)C(OC2OC(CO)C(OC3OC(CO)C(O)C(O)C3O)C(O)C2O)C(O)C1O)NC(=O)CCCCCCCCCCCCCCCC/C=C\C/C=C\C/C=C\CCCCCCC. The maximum Gasteiger partial charge on any atom is 0.220 e. The highest BCUT2D eigenvalue weighted by Crippen LogP contribution is 2.33. The first kappa shape index (κ1) is 74.7. The van der Waals surface area contributed by atoms with Crippen LogP contribution in [0.5, 0.6) is 0 Å². The summed E-state index contributed by atoms with van der Waals surface area (Å²) in [7, 11) is 0. The number of nitrogens with one attached hydrogen (secondary N) is 1. The fraction of sp³-hybridized carbons (Fsp3) is 0.828. The molecule has 17 atom stereocenters. The van der Waals surface area contributed by atoms with E-state index in [2.05, 4.69) is 67.8 Å². The second-order valence-electron chi connectivity index (χ2n) is 22.9. The Hall–Kier alpha value is -2.51. The molecule has 3 aliphatic rings. The van der Waals surface area contributed by atoms with Gasteiger partial charge < -0.3 is 89.9 Å². The average molecular weight is 1180 g/mol. The minimum Gasteiger partial charge on any atom is -0.394 e. The van der Waals surface area contributed by atoms with E-state index in [0.717, 1.165) is 57.8 Å². The van der Waals surface area contributed by atoms with E-state index in [1.54, 1.807) is 6.08 Å². The van der Waals surface area contributed by atoms with Gasteiger partial charge in [0, 0.05) is 6.42 Å². The van der Waals surface area contributed by atoms with Crippen molar-refractivity contribution in [3.05, 3.63) is 60.8 Å². The summed E-state index contributed by atoms with van der Waals surface area (Å²) in [5.74, 6) is -0.291. The third-order valence-corrected chi connectivity index (χ3v) is 15.8. The number of hydrogen-bond donors (Lipinski definition) is 12. The molecule has 83 heavy (non-hydrogen) atoms. The summed E-state index contributed by atoms with van der Waals surface area (Å²) >= 11 is 0. The molecule has 482 valence electrons. The van der Waals surface area contributed by atoms with Gasteiger partial charge in [-0.05, 0) is 70.6 Å². The lowest BCUT2D eigenvalue weighted by atomic mass is 9.96. The van der Waals surface area contributed by atoms with Crippen molar-refractivity contribution < 1.29 is 89.4 Å². The Morgan fingerprint density at radius 3 is 1.31 bits per heavy atom. The summed E-state index contributed by atoms with van der Waals surface area (Å²) in [5, 5.41) is 120. The van der Waals surface area contributed by atoms with Gasteiger partial charge in [0.15, 0.2) is 18.9 Å². The normalized spacial score (nSPS) is 29.8. The van der Waals surface area contributed by atoms with Gasteiger partial charge in [-0.3, -0.25) is 4.79 Å². The summed E-state index contributed by atoms with van der Waals surface area (Å²) in [4.78, 5) is 13.3. The Bertz CT molecular complexity index is 1750. The molecule has 0 saturated carbocycles. The molecule has 0 radical (unpaired) electrons. The van der Waals surface area contributed by atoms with Crippen molar-refractivity contribution in [2.24, 2.45) is 0 Å². The van der Waals surface area contributed by atoms with Crippen LogP contribution in [0.3, 0.4) is 0 Å². The van der Waals surface area contributed by atoms with E-state index in [0.29, 0.717) is 12.8 Å². The van der Waals surface area contributed by atoms with E-state index in [9.17, 15) is 61.0 Å². The zero-order chi connectivity index (χ0) is 60.5. The van der Waals surface area contributed by atoms with Crippen LogP contribution in [0.2, 0.25) is 0 Å². The molecular weight excluding hydrogens is 1070 g/mol. The van der Waals surface area contributed by atoms with Crippen LogP contribution in [0.15, 0.2) is 60.8 Å². The maximum atomic E-state index is 13.3. The van der Waals surface area contributed by atoms with E-state index in [1.165, 1.54) is 116 Å². The third-order valence-electron chi connectivity index (χ3n) is 15.8. The van der Waals surface area contributed by atoms with Crippen LogP contribution >= 0.6 is 0 Å². The molecule has 0 spiro atoms. The largest absolute Gasteiger partial charge is 0.394 e. The topological polar surface area (TPSA) is 307 Å². The predicted molar refractivity (Wildman–Crippen MR) is 318 cm³/mol. The lowest BCUT2D eigenvalue weighted by Gasteiger charge is -2.48. The lowest BCUT2D eigenvalue weighted by Crippen LogP contribution is -2.66. The predicted octanol–water partition coefficient (Wildman–Crippen LogP) is 6.82. The molecular formula is C64H113NO18. The zero-order valence-corrected chi connectivity index (χ0v) is 50.4. The summed E-state index contributed by atoms with van der Waals surface area (Å²) in [6.45, 7) is 1.62. The second-order valence-corrected chi connectivity index (χ2v) is 22.9. The van der Waals surface area contributed by atoms with Crippen LogP contribution in [-0.2, 0) is 33.2 Å². The molecule has 0 aromatic rings. The van der Waals surface area contributed by atoms with Crippen molar-refractivity contribution >= 4 is 5.91 Å². The molecule has 3 heterocycles. The number of unbranched alkanes of at least 4 members (excludes halogenated alkanes) is 23. The van der Waals surface area contributed by atoms with Gasteiger partial charge in [0.25, 0.3) is 0 Å². The molecule has 17 unspecified atom stereocenters. The van der Waals surface area contributed by atoms with Gasteiger partial charge in [-0.2, -0.15) is 0 Å². The molecule has 0 aromatic carbocycles. The van der Waals surface area contributed by atoms with Crippen molar-refractivity contribution in [3.8, 4) is 0 Å². The molecule has 3 saturated heterocycles. The molecule has 3 aliphatic heterocycles. The van der Waals surface area contributed by atoms with E-state index >= 15 is 0 Å². The van der Waals surface area contributed by atoms with Crippen LogP contribution in [0.1, 0.15) is 206 Å². The molecule has 12 N–H and O–H groups in total. The van der Waals surface area contributed by atoms with Crippen LogP contribution in [0.25, 0.3) is 0 Å². The van der Waals surface area contributed by atoms with Gasteiger partial charge in [-0.1, -0.05) is 190 Å². The van der Waals surface area contributed by atoms with Gasteiger partial charge in [0.05, 0.1) is 38.6 Å². The number of rotatable bonds is 47. The number of amides is 1. The molecule has 1 amide bonds. The van der Waals surface area contributed by atoms with Crippen molar-refractivity contribution in [1.29, 1.82) is 0 Å². The highest BCUT2D eigenvalue weighted by Gasteiger charge is 2.53. The van der Waals surface area contributed by atoms with Gasteiger partial charge in [0.2, 0.25) is 5.91 Å². The quantitative estimate of drug-likeness (QED) is 0.0220. The number of carbonyl (C=O) groups excluding carboxylic acids is 1. The number of hydrogen-bond acceptors (Lipinski definition) is 18. The second kappa shape index (κ2) is 46.6. The number of aliphatic hydroxyl groups is 11. The third kappa shape index (κ3) is 29.8. The van der Waals surface area contributed by atoms with Crippen molar-refractivity contribution in [1.82, 2.24) is 5.32 Å². The monoisotopic (exact) mass is 1180 g/mol. The molecule has 3 fully saturated rings. The molecule has 19 nitrogen and oxygen atoms in total. The van der Waals surface area contributed by atoms with Gasteiger partial charge in [-0.25, -0.2) is 0 Å². The van der Waals surface area contributed by atoms with E-state index < -0.39 is 124 Å². The Balaban J connectivity index is 1.38.